The fourth-order valence-corrected chi connectivity index (χ4v) is 3.50. The van der Waals surface area contributed by atoms with E-state index < -0.39 is 0 Å². The Labute approximate surface area is 127 Å². The van der Waals surface area contributed by atoms with Crippen LogP contribution >= 0.6 is 11.3 Å². The molecule has 4 heteroatoms. The lowest BCUT2D eigenvalue weighted by atomic mass is 10.0. The summed E-state index contributed by atoms with van der Waals surface area (Å²) in [6.07, 6.45) is 3.80. The molecule has 2 heterocycles. The van der Waals surface area contributed by atoms with E-state index in [2.05, 4.69) is 40.9 Å². The van der Waals surface area contributed by atoms with Gasteiger partial charge in [0.1, 0.15) is 0 Å². The molecule has 1 aliphatic heterocycles. The second-order valence-corrected chi connectivity index (χ2v) is 6.39. The van der Waals surface area contributed by atoms with Gasteiger partial charge in [-0.1, -0.05) is 13.8 Å². The highest BCUT2D eigenvalue weighted by molar-refractivity contribution is 7.07. The maximum atomic E-state index is 6.06. The summed E-state index contributed by atoms with van der Waals surface area (Å²) < 4.78 is 6.06. The lowest BCUT2D eigenvalue weighted by molar-refractivity contribution is -0.0461. The highest BCUT2D eigenvalue weighted by Gasteiger charge is 2.27. The van der Waals surface area contributed by atoms with Gasteiger partial charge in [0.15, 0.2) is 0 Å². The topological polar surface area (TPSA) is 24.5 Å². The van der Waals surface area contributed by atoms with E-state index in [0.29, 0.717) is 12.1 Å². The molecule has 2 unspecified atom stereocenters. The third-order valence-corrected chi connectivity index (χ3v) is 4.59. The minimum atomic E-state index is 0.321. The van der Waals surface area contributed by atoms with Gasteiger partial charge in [0, 0.05) is 19.1 Å². The van der Waals surface area contributed by atoms with Crippen molar-refractivity contribution in [3.8, 4) is 0 Å². The van der Waals surface area contributed by atoms with Crippen LogP contribution in [0.1, 0.15) is 32.3 Å². The predicted octanol–water partition coefficient (Wildman–Crippen LogP) is 2.77. The van der Waals surface area contributed by atoms with Crippen molar-refractivity contribution in [2.45, 2.75) is 45.3 Å². The Morgan fingerprint density at radius 2 is 2.35 bits per heavy atom. The van der Waals surface area contributed by atoms with Gasteiger partial charge in [0.2, 0.25) is 0 Å². The van der Waals surface area contributed by atoms with Gasteiger partial charge >= 0.3 is 0 Å². The van der Waals surface area contributed by atoms with Crippen molar-refractivity contribution in [1.29, 1.82) is 0 Å². The third-order valence-electron chi connectivity index (χ3n) is 3.86. The summed E-state index contributed by atoms with van der Waals surface area (Å²) in [7, 11) is 0. The van der Waals surface area contributed by atoms with Crippen LogP contribution in [-0.4, -0.2) is 49.8 Å². The van der Waals surface area contributed by atoms with Crippen LogP contribution in [0.4, 0.5) is 0 Å². The number of hydrogen-bond donors (Lipinski definition) is 1. The molecule has 0 aliphatic carbocycles. The Kier molecular flexibility index (Phi) is 7.00. The molecule has 0 amide bonds. The number of morpholine rings is 1. The molecule has 2 rings (SSSR count). The number of rotatable bonds is 8. The van der Waals surface area contributed by atoms with E-state index >= 15 is 0 Å². The first-order chi connectivity index (χ1) is 9.83. The van der Waals surface area contributed by atoms with Gasteiger partial charge in [0.05, 0.1) is 12.7 Å². The fraction of sp³-hybridized carbons (Fsp3) is 0.750. The minimum Gasteiger partial charge on any atom is -0.374 e. The standard InChI is InChI=1S/C16H28N2OS/c1-3-6-17-15(11-14-5-10-20-13-14)16-12-18(7-4-2)8-9-19-16/h5,10,13,15-17H,3-4,6-9,11-12H2,1-2H3. The second kappa shape index (κ2) is 8.78. The van der Waals surface area contributed by atoms with E-state index in [1.54, 1.807) is 11.3 Å². The zero-order chi connectivity index (χ0) is 14.2. The largest absolute Gasteiger partial charge is 0.374 e. The first-order valence-corrected chi connectivity index (χ1v) is 8.86. The van der Waals surface area contributed by atoms with Crippen molar-refractivity contribution in [1.82, 2.24) is 10.2 Å². The fourth-order valence-electron chi connectivity index (χ4n) is 2.82. The van der Waals surface area contributed by atoms with E-state index in [9.17, 15) is 0 Å². The molecule has 1 N–H and O–H groups in total. The molecule has 0 bridgehead atoms. The molecule has 20 heavy (non-hydrogen) atoms. The van der Waals surface area contributed by atoms with Crippen molar-refractivity contribution in [3.63, 3.8) is 0 Å². The van der Waals surface area contributed by atoms with Gasteiger partial charge in [-0.2, -0.15) is 11.3 Å². The summed E-state index contributed by atoms with van der Waals surface area (Å²) in [5.74, 6) is 0. The quantitative estimate of drug-likeness (QED) is 0.798. The first kappa shape index (κ1) is 16.0. The SMILES string of the molecule is CCCNC(Cc1ccsc1)C1CN(CCC)CCO1. The van der Waals surface area contributed by atoms with Crippen LogP contribution in [0.3, 0.4) is 0 Å². The Bertz CT molecular complexity index is 353. The summed E-state index contributed by atoms with van der Waals surface area (Å²) in [4.78, 5) is 2.54. The molecule has 1 aliphatic rings. The van der Waals surface area contributed by atoms with Crippen LogP contribution in [0.2, 0.25) is 0 Å². The molecule has 1 fully saturated rings. The molecule has 2 atom stereocenters. The van der Waals surface area contributed by atoms with Gasteiger partial charge in [-0.15, -0.1) is 0 Å². The average Bonchev–Trinajstić information content (AvgIpc) is 2.97. The van der Waals surface area contributed by atoms with Crippen LogP contribution in [0.25, 0.3) is 0 Å². The van der Waals surface area contributed by atoms with Gasteiger partial charge < -0.3 is 10.1 Å². The van der Waals surface area contributed by atoms with Crippen molar-refractivity contribution in [2.24, 2.45) is 0 Å². The number of hydrogen-bond acceptors (Lipinski definition) is 4. The molecule has 0 radical (unpaired) electrons. The van der Waals surface area contributed by atoms with Crippen molar-refractivity contribution < 1.29 is 4.74 Å². The second-order valence-electron chi connectivity index (χ2n) is 5.61. The molecule has 0 spiro atoms. The molecule has 1 aromatic rings. The summed E-state index contributed by atoms with van der Waals surface area (Å²) in [5, 5.41) is 8.11. The molecule has 114 valence electrons. The Hall–Kier alpha value is -0.420. The third kappa shape index (κ3) is 4.85. The molecular formula is C16H28N2OS. The zero-order valence-corrected chi connectivity index (χ0v) is 13.6. The molecule has 1 aromatic heterocycles. The van der Waals surface area contributed by atoms with E-state index in [1.165, 1.54) is 24.9 Å². The van der Waals surface area contributed by atoms with Gasteiger partial charge in [-0.3, -0.25) is 4.90 Å². The highest BCUT2D eigenvalue weighted by Crippen LogP contribution is 2.16. The molecule has 0 saturated carbocycles. The summed E-state index contributed by atoms with van der Waals surface area (Å²) in [6, 6.07) is 2.67. The number of nitrogens with zero attached hydrogens (tertiary/aromatic N) is 1. The lowest BCUT2D eigenvalue weighted by Gasteiger charge is -2.37. The van der Waals surface area contributed by atoms with Crippen LogP contribution in [0.15, 0.2) is 16.8 Å². The normalized spacial score (nSPS) is 22.0. The summed E-state index contributed by atoms with van der Waals surface area (Å²) in [6.45, 7) is 9.77. The van der Waals surface area contributed by atoms with E-state index in [4.69, 9.17) is 4.74 Å². The predicted molar refractivity (Wildman–Crippen MR) is 86.6 cm³/mol. The van der Waals surface area contributed by atoms with Crippen molar-refractivity contribution >= 4 is 11.3 Å². The Balaban J connectivity index is 1.93. The Morgan fingerprint density at radius 1 is 1.45 bits per heavy atom. The number of thiophene rings is 1. The average molecular weight is 296 g/mol. The van der Waals surface area contributed by atoms with E-state index in [1.807, 2.05) is 0 Å². The van der Waals surface area contributed by atoms with Crippen LogP contribution in [0, 0.1) is 0 Å². The van der Waals surface area contributed by atoms with Crippen LogP contribution < -0.4 is 5.32 Å². The maximum absolute atomic E-state index is 6.06. The lowest BCUT2D eigenvalue weighted by Crippen LogP contribution is -2.53. The van der Waals surface area contributed by atoms with Crippen molar-refractivity contribution in [3.05, 3.63) is 22.4 Å². The van der Waals surface area contributed by atoms with Gasteiger partial charge in [0.25, 0.3) is 0 Å². The zero-order valence-electron chi connectivity index (χ0n) is 12.8. The first-order valence-electron chi connectivity index (χ1n) is 7.91. The van der Waals surface area contributed by atoms with Crippen LogP contribution in [-0.2, 0) is 11.2 Å². The minimum absolute atomic E-state index is 0.321. The number of ether oxygens (including phenoxy) is 1. The Morgan fingerprint density at radius 3 is 3.05 bits per heavy atom. The molecule has 3 nitrogen and oxygen atoms in total. The molecule has 1 saturated heterocycles. The molecule has 0 aromatic carbocycles. The van der Waals surface area contributed by atoms with E-state index in [0.717, 1.165) is 32.7 Å². The summed E-state index contributed by atoms with van der Waals surface area (Å²) >= 11 is 1.78. The molecular weight excluding hydrogens is 268 g/mol. The summed E-state index contributed by atoms with van der Waals surface area (Å²) in [5.41, 5.74) is 1.43. The smallest absolute Gasteiger partial charge is 0.0858 e. The monoisotopic (exact) mass is 296 g/mol. The van der Waals surface area contributed by atoms with E-state index in [-0.39, 0.29) is 0 Å². The number of nitrogens with one attached hydrogen (secondary N) is 1. The highest BCUT2D eigenvalue weighted by atomic mass is 32.1. The van der Waals surface area contributed by atoms with Crippen molar-refractivity contribution in [2.75, 3.05) is 32.8 Å². The van der Waals surface area contributed by atoms with Crippen LogP contribution in [0.5, 0.6) is 0 Å². The van der Waals surface area contributed by atoms with Gasteiger partial charge in [-0.25, -0.2) is 0 Å². The van der Waals surface area contributed by atoms with Gasteiger partial charge in [-0.05, 0) is 54.7 Å². The maximum Gasteiger partial charge on any atom is 0.0858 e.